The zero-order valence-corrected chi connectivity index (χ0v) is 12.6. The molecule has 0 saturated carbocycles. The first kappa shape index (κ1) is 17.6. The van der Waals surface area contributed by atoms with Gasteiger partial charge in [-0.05, 0) is 12.5 Å². The number of benzene rings is 1. The van der Waals surface area contributed by atoms with Gasteiger partial charge in [-0.3, -0.25) is 14.4 Å². The number of esters is 1. The van der Waals surface area contributed by atoms with Gasteiger partial charge in [0.2, 0.25) is 5.91 Å². The number of carbonyl (C=O) groups is 3. The Morgan fingerprint density at radius 2 is 1.86 bits per heavy atom. The van der Waals surface area contributed by atoms with Crippen molar-refractivity contribution in [1.82, 2.24) is 5.32 Å². The molecule has 7 heteroatoms. The Labute approximate surface area is 128 Å². The third-order valence-electron chi connectivity index (χ3n) is 2.91. The third kappa shape index (κ3) is 5.17. The maximum Gasteiger partial charge on any atom is 0.308 e. The molecule has 0 unspecified atom stereocenters. The van der Waals surface area contributed by atoms with Crippen LogP contribution in [-0.4, -0.2) is 37.5 Å². The highest BCUT2D eigenvalue weighted by Crippen LogP contribution is 2.16. The van der Waals surface area contributed by atoms with E-state index in [-0.39, 0.29) is 13.0 Å². The SMILES string of the molecule is CCOC(=O)C[C@@H](NC(=O)[C@@H](OC)c1ccccc1)C(N)=O. The van der Waals surface area contributed by atoms with Crippen LogP contribution >= 0.6 is 0 Å². The lowest BCUT2D eigenvalue weighted by Crippen LogP contribution is -2.47. The highest BCUT2D eigenvalue weighted by atomic mass is 16.5. The predicted octanol–water partition coefficient (Wildman–Crippen LogP) is 0.297. The van der Waals surface area contributed by atoms with Gasteiger partial charge in [0.15, 0.2) is 6.10 Å². The van der Waals surface area contributed by atoms with Crippen molar-refractivity contribution in [2.45, 2.75) is 25.5 Å². The quantitative estimate of drug-likeness (QED) is 0.671. The minimum absolute atomic E-state index is 0.184. The van der Waals surface area contributed by atoms with Crippen molar-refractivity contribution in [2.24, 2.45) is 5.73 Å². The highest BCUT2D eigenvalue weighted by molar-refractivity contribution is 5.91. The van der Waals surface area contributed by atoms with Gasteiger partial charge in [-0.25, -0.2) is 0 Å². The smallest absolute Gasteiger partial charge is 0.308 e. The molecular formula is C15H20N2O5. The summed E-state index contributed by atoms with van der Waals surface area (Å²) in [5, 5.41) is 2.42. The van der Waals surface area contributed by atoms with Gasteiger partial charge < -0.3 is 20.5 Å². The summed E-state index contributed by atoms with van der Waals surface area (Å²) in [5.41, 5.74) is 5.83. The van der Waals surface area contributed by atoms with Crippen LogP contribution in [0.3, 0.4) is 0 Å². The van der Waals surface area contributed by atoms with Gasteiger partial charge in [-0.1, -0.05) is 30.3 Å². The monoisotopic (exact) mass is 308 g/mol. The van der Waals surface area contributed by atoms with Crippen LogP contribution < -0.4 is 11.1 Å². The molecular weight excluding hydrogens is 288 g/mol. The number of nitrogens with one attached hydrogen (secondary N) is 1. The van der Waals surface area contributed by atoms with Crippen LogP contribution in [-0.2, 0) is 23.9 Å². The second kappa shape index (κ2) is 8.78. The number of carbonyl (C=O) groups excluding carboxylic acids is 3. The van der Waals surface area contributed by atoms with E-state index < -0.39 is 29.9 Å². The van der Waals surface area contributed by atoms with Crippen molar-refractivity contribution in [1.29, 1.82) is 0 Å². The predicted molar refractivity (Wildman–Crippen MR) is 78.6 cm³/mol. The molecule has 0 aromatic heterocycles. The largest absolute Gasteiger partial charge is 0.466 e. The Bertz CT molecular complexity index is 518. The molecule has 0 aliphatic heterocycles. The number of primary amides is 1. The molecule has 1 aromatic carbocycles. The normalized spacial score (nSPS) is 13.0. The average Bonchev–Trinajstić information content (AvgIpc) is 2.48. The first-order chi connectivity index (χ1) is 10.5. The molecule has 0 saturated heterocycles. The van der Waals surface area contributed by atoms with Crippen LogP contribution in [0.1, 0.15) is 25.0 Å². The Kier molecular flexibility index (Phi) is 7.04. The Morgan fingerprint density at radius 1 is 1.23 bits per heavy atom. The van der Waals surface area contributed by atoms with Crippen molar-refractivity contribution < 1.29 is 23.9 Å². The van der Waals surface area contributed by atoms with Crippen LogP contribution in [0.25, 0.3) is 0 Å². The second-order valence-electron chi connectivity index (χ2n) is 4.50. The summed E-state index contributed by atoms with van der Waals surface area (Å²) < 4.78 is 9.90. The second-order valence-corrected chi connectivity index (χ2v) is 4.50. The molecule has 7 nitrogen and oxygen atoms in total. The standard InChI is InChI=1S/C15H20N2O5/c1-3-22-12(18)9-11(14(16)19)17-15(20)13(21-2)10-7-5-4-6-8-10/h4-8,11,13H,3,9H2,1-2H3,(H2,16,19)(H,17,20)/t11-,13+/m1/s1. The van der Waals surface area contributed by atoms with Gasteiger partial charge in [0, 0.05) is 7.11 Å². The number of nitrogens with two attached hydrogens (primary N) is 1. The third-order valence-corrected chi connectivity index (χ3v) is 2.91. The fraction of sp³-hybridized carbons (Fsp3) is 0.400. The van der Waals surface area contributed by atoms with E-state index in [1.54, 1.807) is 37.3 Å². The highest BCUT2D eigenvalue weighted by Gasteiger charge is 2.27. The molecule has 3 N–H and O–H groups in total. The topological polar surface area (TPSA) is 108 Å². The van der Waals surface area contributed by atoms with Gasteiger partial charge >= 0.3 is 5.97 Å². The minimum Gasteiger partial charge on any atom is -0.466 e. The fourth-order valence-corrected chi connectivity index (χ4v) is 1.88. The molecule has 120 valence electrons. The van der Waals surface area contributed by atoms with Gasteiger partial charge in [0.05, 0.1) is 13.0 Å². The van der Waals surface area contributed by atoms with Crippen molar-refractivity contribution >= 4 is 17.8 Å². The van der Waals surface area contributed by atoms with Crippen LogP contribution in [0.15, 0.2) is 30.3 Å². The molecule has 22 heavy (non-hydrogen) atoms. The molecule has 1 aromatic rings. The molecule has 2 atom stereocenters. The van der Waals surface area contributed by atoms with Crippen molar-refractivity contribution in [3.63, 3.8) is 0 Å². The zero-order chi connectivity index (χ0) is 16.5. The van der Waals surface area contributed by atoms with Crippen LogP contribution in [0, 0.1) is 0 Å². The van der Waals surface area contributed by atoms with Gasteiger partial charge in [0.1, 0.15) is 6.04 Å². The first-order valence-corrected chi connectivity index (χ1v) is 6.82. The Morgan fingerprint density at radius 3 is 2.36 bits per heavy atom. The number of hydrogen-bond donors (Lipinski definition) is 2. The molecule has 0 spiro atoms. The summed E-state index contributed by atoms with van der Waals surface area (Å²) in [6.07, 6.45) is -1.22. The summed E-state index contributed by atoms with van der Waals surface area (Å²) in [5.74, 6) is -1.98. The van der Waals surface area contributed by atoms with Gasteiger partial charge in [-0.2, -0.15) is 0 Å². The van der Waals surface area contributed by atoms with Crippen LogP contribution in [0.4, 0.5) is 0 Å². The summed E-state index contributed by atoms with van der Waals surface area (Å²) in [4.78, 5) is 35.1. The van der Waals surface area contributed by atoms with E-state index in [0.29, 0.717) is 5.56 Å². The summed E-state index contributed by atoms with van der Waals surface area (Å²) in [7, 11) is 1.38. The van der Waals surface area contributed by atoms with E-state index in [4.69, 9.17) is 15.2 Å². The first-order valence-electron chi connectivity index (χ1n) is 6.82. The number of ether oxygens (including phenoxy) is 2. The maximum absolute atomic E-state index is 12.2. The molecule has 0 bridgehead atoms. The van der Waals surface area contributed by atoms with Crippen LogP contribution in [0.2, 0.25) is 0 Å². The Hall–Kier alpha value is -2.41. The lowest BCUT2D eigenvalue weighted by Gasteiger charge is -2.19. The van der Waals surface area contributed by atoms with E-state index in [2.05, 4.69) is 5.32 Å². The molecule has 0 fully saturated rings. The van der Waals surface area contributed by atoms with Crippen molar-refractivity contribution in [3.05, 3.63) is 35.9 Å². The number of amides is 2. The van der Waals surface area contributed by atoms with E-state index in [9.17, 15) is 14.4 Å². The van der Waals surface area contributed by atoms with Crippen molar-refractivity contribution in [3.8, 4) is 0 Å². The van der Waals surface area contributed by atoms with E-state index >= 15 is 0 Å². The molecule has 0 radical (unpaired) electrons. The summed E-state index contributed by atoms with van der Waals surface area (Å²) in [6, 6.07) is 7.63. The van der Waals surface area contributed by atoms with Gasteiger partial charge in [-0.15, -0.1) is 0 Å². The molecule has 0 aliphatic carbocycles. The fourth-order valence-electron chi connectivity index (χ4n) is 1.88. The Balaban J connectivity index is 2.77. The van der Waals surface area contributed by atoms with Crippen LogP contribution in [0.5, 0.6) is 0 Å². The average molecular weight is 308 g/mol. The van der Waals surface area contributed by atoms with Crippen molar-refractivity contribution in [2.75, 3.05) is 13.7 Å². The number of methoxy groups -OCH3 is 1. The zero-order valence-electron chi connectivity index (χ0n) is 12.6. The molecule has 0 aliphatic rings. The lowest BCUT2D eigenvalue weighted by atomic mass is 10.1. The molecule has 1 rings (SSSR count). The van der Waals surface area contributed by atoms with Gasteiger partial charge in [0.25, 0.3) is 5.91 Å². The van der Waals surface area contributed by atoms with E-state index in [0.717, 1.165) is 0 Å². The molecule has 2 amide bonds. The summed E-state index contributed by atoms with van der Waals surface area (Å²) >= 11 is 0. The summed E-state index contributed by atoms with van der Waals surface area (Å²) in [6.45, 7) is 1.83. The number of hydrogen-bond acceptors (Lipinski definition) is 5. The lowest BCUT2D eigenvalue weighted by molar-refractivity contribution is -0.146. The minimum atomic E-state index is -1.15. The maximum atomic E-state index is 12.2. The van der Waals surface area contributed by atoms with E-state index in [1.165, 1.54) is 7.11 Å². The number of rotatable bonds is 8. The van der Waals surface area contributed by atoms with E-state index in [1.807, 2.05) is 0 Å². The molecule has 0 heterocycles.